The van der Waals surface area contributed by atoms with Gasteiger partial charge in [-0.3, -0.25) is 0 Å². The maximum absolute atomic E-state index is 12.7. The molecule has 0 amide bonds. The van der Waals surface area contributed by atoms with Gasteiger partial charge in [-0.2, -0.15) is 0 Å². The monoisotopic (exact) mass is 201 g/mol. The van der Waals surface area contributed by atoms with E-state index in [9.17, 15) is 4.39 Å². The number of fused-ring (bicyclic) bond motifs is 1. The van der Waals surface area contributed by atoms with Crippen molar-refractivity contribution in [1.29, 1.82) is 0 Å². The Morgan fingerprint density at radius 1 is 1.27 bits per heavy atom. The fourth-order valence-electron chi connectivity index (χ4n) is 1.40. The van der Waals surface area contributed by atoms with Gasteiger partial charge in [0.2, 0.25) is 0 Å². The third-order valence-corrected chi connectivity index (χ3v) is 2.14. The molecular formula is C10H6FN4. The van der Waals surface area contributed by atoms with E-state index in [4.69, 9.17) is 0 Å². The van der Waals surface area contributed by atoms with Gasteiger partial charge in [-0.05, 0) is 24.3 Å². The topological polar surface area (TPSA) is 46.5 Å². The van der Waals surface area contributed by atoms with Crippen LogP contribution in [-0.2, 0) is 0 Å². The van der Waals surface area contributed by atoms with Gasteiger partial charge in [0.1, 0.15) is 11.3 Å². The molecule has 0 unspecified atom stereocenters. The number of aromatic nitrogens is 4. The van der Waals surface area contributed by atoms with Crippen LogP contribution in [-0.4, -0.2) is 19.7 Å². The van der Waals surface area contributed by atoms with Crippen LogP contribution in [0.4, 0.5) is 4.39 Å². The van der Waals surface area contributed by atoms with E-state index in [0.717, 1.165) is 11.2 Å². The molecule has 0 aliphatic carbocycles. The molecule has 0 atom stereocenters. The molecule has 0 saturated carbocycles. The van der Waals surface area contributed by atoms with Crippen LogP contribution in [0.5, 0.6) is 0 Å². The molecule has 15 heavy (non-hydrogen) atoms. The minimum absolute atomic E-state index is 0.261. The Labute approximate surface area is 84.4 Å². The molecule has 3 rings (SSSR count). The molecule has 0 bridgehead atoms. The maximum Gasteiger partial charge on any atom is 0.200 e. The van der Waals surface area contributed by atoms with Gasteiger partial charge in [0, 0.05) is 0 Å². The molecule has 2 heterocycles. The lowest BCUT2D eigenvalue weighted by Gasteiger charge is -1.98. The van der Waals surface area contributed by atoms with Crippen molar-refractivity contribution < 1.29 is 4.39 Å². The molecule has 73 valence electrons. The van der Waals surface area contributed by atoms with Crippen LogP contribution >= 0.6 is 0 Å². The van der Waals surface area contributed by atoms with Crippen molar-refractivity contribution in [2.24, 2.45) is 0 Å². The highest BCUT2D eigenvalue weighted by Crippen LogP contribution is 2.12. The number of H-pyrrole nitrogens is 1. The van der Waals surface area contributed by atoms with Gasteiger partial charge in [-0.15, -0.1) is 5.10 Å². The van der Waals surface area contributed by atoms with Crippen LogP contribution < -0.4 is 0 Å². The SMILES string of the molecule is Fc1ccc(-n2cc3[nH][c]nc3n2)cc1. The van der Waals surface area contributed by atoms with E-state index in [1.807, 2.05) is 0 Å². The molecular weight excluding hydrogens is 195 g/mol. The zero-order valence-corrected chi connectivity index (χ0v) is 7.61. The number of hydrogen-bond donors (Lipinski definition) is 1. The molecule has 0 saturated heterocycles. The second-order valence-corrected chi connectivity index (χ2v) is 3.14. The first kappa shape index (κ1) is 8.16. The molecule has 0 fully saturated rings. The second-order valence-electron chi connectivity index (χ2n) is 3.14. The van der Waals surface area contributed by atoms with Crippen LogP contribution in [0.15, 0.2) is 30.5 Å². The van der Waals surface area contributed by atoms with Crippen molar-refractivity contribution in [1.82, 2.24) is 19.7 Å². The van der Waals surface area contributed by atoms with Crippen molar-refractivity contribution in [2.75, 3.05) is 0 Å². The Balaban J connectivity index is 2.13. The number of aromatic amines is 1. The highest BCUT2D eigenvalue weighted by Gasteiger charge is 2.04. The molecule has 0 aliphatic heterocycles. The van der Waals surface area contributed by atoms with Crippen molar-refractivity contribution in [3.8, 4) is 5.69 Å². The molecule has 2 aromatic heterocycles. The zero-order chi connectivity index (χ0) is 10.3. The lowest BCUT2D eigenvalue weighted by molar-refractivity contribution is 0.627. The van der Waals surface area contributed by atoms with Crippen molar-refractivity contribution in [3.05, 3.63) is 42.6 Å². The first-order valence-electron chi connectivity index (χ1n) is 4.40. The van der Waals surface area contributed by atoms with Crippen molar-refractivity contribution in [3.63, 3.8) is 0 Å². The Hall–Kier alpha value is -2.17. The Bertz CT molecular complexity index is 565. The summed E-state index contributed by atoms with van der Waals surface area (Å²) in [5.74, 6) is -0.261. The van der Waals surface area contributed by atoms with Gasteiger partial charge in [0.05, 0.1) is 11.9 Å². The summed E-state index contributed by atoms with van der Waals surface area (Å²) in [5.41, 5.74) is 2.20. The Morgan fingerprint density at radius 2 is 2.07 bits per heavy atom. The average Bonchev–Trinajstić information content (AvgIpc) is 2.78. The van der Waals surface area contributed by atoms with E-state index in [0.29, 0.717) is 5.65 Å². The summed E-state index contributed by atoms with van der Waals surface area (Å²) in [6, 6.07) is 6.10. The number of rotatable bonds is 1. The molecule has 1 N–H and O–H groups in total. The summed E-state index contributed by atoms with van der Waals surface area (Å²) in [6.07, 6.45) is 4.38. The van der Waals surface area contributed by atoms with Gasteiger partial charge in [0.15, 0.2) is 12.0 Å². The normalized spacial score (nSPS) is 11.0. The van der Waals surface area contributed by atoms with Crippen LogP contribution in [0.25, 0.3) is 16.9 Å². The minimum Gasteiger partial charge on any atom is -0.333 e. The molecule has 0 spiro atoms. The average molecular weight is 201 g/mol. The van der Waals surface area contributed by atoms with E-state index >= 15 is 0 Å². The molecule has 5 heteroatoms. The smallest absolute Gasteiger partial charge is 0.200 e. The van der Waals surface area contributed by atoms with Gasteiger partial charge in [-0.25, -0.2) is 14.1 Å². The quantitative estimate of drug-likeness (QED) is 0.651. The summed E-state index contributed by atoms with van der Waals surface area (Å²) in [6.45, 7) is 0. The number of benzene rings is 1. The van der Waals surface area contributed by atoms with Crippen LogP contribution in [0.1, 0.15) is 0 Å². The first-order valence-corrected chi connectivity index (χ1v) is 4.40. The fraction of sp³-hybridized carbons (Fsp3) is 0. The van der Waals surface area contributed by atoms with Gasteiger partial charge in [-0.1, -0.05) is 0 Å². The molecule has 1 radical (unpaired) electrons. The van der Waals surface area contributed by atoms with Crippen LogP contribution in [0.2, 0.25) is 0 Å². The highest BCUT2D eigenvalue weighted by molar-refractivity contribution is 5.69. The van der Waals surface area contributed by atoms with Crippen molar-refractivity contribution >= 4 is 11.2 Å². The lowest BCUT2D eigenvalue weighted by Crippen LogP contribution is -1.94. The lowest BCUT2D eigenvalue weighted by atomic mass is 10.3. The number of nitrogens with one attached hydrogen (secondary N) is 1. The van der Waals surface area contributed by atoms with E-state index in [2.05, 4.69) is 21.4 Å². The van der Waals surface area contributed by atoms with Gasteiger partial charge >= 0.3 is 0 Å². The van der Waals surface area contributed by atoms with Crippen LogP contribution in [0.3, 0.4) is 0 Å². The van der Waals surface area contributed by atoms with Crippen molar-refractivity contribution in [2.45, 2.75) is 0 Å². The molecule has 4 nitrogen and oxygen atoms in total. The molecule has 1 aromatic carbocycles. The van der Waals surface area contributed by atoms with E-state index in [1.165, 1.54) is 12.1 Å². The summed E-state index contributed by atoms with van der Waals surface area (Å²) in [4.78, 5) is 6.72. The zero-order valence-electron chi connectivity index (χ0n) is 7.61. The second kappa shape index (κ2) is 2.91. The largest absolute Gasteiger partial charge is 0.333 e. The summed E-state index contributed by atoms with van der Waals surface area (Å²) in [7, 11) is 0. The van der Waals surface area contributed by atoms with E-state index in [-0.39, 0.29) is 5.82 Å². The highest BCUT2D eigenvalue weighted by atomic mass is 19.1. The summed E-state index contributed by atoms with van der Waals surface area (Å²) < 4.78 is 14.3. The fourth-order valence-corrected chi connectivity index (χ4v) is 1.40. The number of imidazole rings is 1. The third-order valence-electron chi connectivity index (χ3n) is 2.14. The maximum atomic E-state index is 12.7. The van der Waals surface area contributed by atoms with Gasteiger partial charge < -0.3 is 4.98 Å². The third kappa shape index (κ3) is 1.28. The Morgan fingerprint density at radius 3 is 2.80 bits per heavy atom. The molecule has 3 aromatic rings. The predicted molar refractivity (Wildman–Crippen MR) is 52.0 cm³/mol. The Kier molecular flexibility index (Phi) is 1.58. The predicted octanol–water partition coefficient (Wildman–Crippen LogP) is 1.69. The first-order chi connectivity index (χ1) is 7.33. The number of halogens is 1. The molecule has 0 aliphatic rings. The van der Waals surface area contributed by atoms with Gasteiger partial charge in [0.25, 0.3) is 0 Å². The summed E-state index contributed by atoms with van der Waals surface area (Å²) >= 11 is 0. The van der Waals surface area contributed by atoms with E-state index < -0.39 is 0 Å². The summed E-state index contributed by atoms with van der Waals surface area (Å²) in [5, 5.41) is 4.19. The van der Waals surface area contributed by atoms with Crippen LogP contribution in [0, 0.1) is 12.1 Å². The number of nitrogens with zero attached hydrogens (tertiary/aromatic N) is 3. The van der Waals surface area contributed by atoms with E-state index in [1.54, 1.807) is 23.0 Å². The standard InChI is InChI=1S/C10H6FN4/c11-7-1-3-8(4-2-7)15-5-9-10(14-15)13-6-12-9/h1-5H,(H,12,13,14). The number of hydrogen-bond acceptors (Lipinski definition) is 2. The minimum atomic E-state index is -0.261.